The normalized spacial score (nSPS) is 20.2. The number of halogens is 2. The maximum atomic E-state index is 15.3. The van der Waals surface area contributed by atoms with Crippen LogP contribution in [0.15, 0.2) is 81.7 Å². The molecule has 0 saturated heterocycles. The second kappa shape index (κ2) is 9.10. The van der Waals surface area contributed by atoms with Crippen LogP contribution < -0.4 is 10.6 Å². The van der Waals surface area contributed by atoms with E-state index < -0.39 is 11.7 Å². The van der Waals surface area contributed by atoms with Crippen LogP contribution in [0.25, 0.3) is 0 Å². The molecule has 5 rings (SSSR count). The standard InChI is InChI=1S/C28H23BrFN3OS/c1-15-10-20(16(2)35-15)26-21(14-31)28(32)33(23-9-8-19(29)13-22(23)30)24-11-18(12-25(34)27(24)26)17-6-4-3-5-7-17/h3-10,13,18,26H,11-12,32H2,1-2H3/t18-,26-/m1/s1. The number of nitrogens with zero attached hydrogens (tertiary/aromatic N) is 2. The lowest BCUT2D eigenvalue weighted by Crippen LogP contribution is -2.40. The van der Waals surface area contributed by atoms with E-state index in [4.69, 9.17) is 5.73 Å². The molecule has 2 atom stereocenters. The number of benzene rings is 2. The van der Waals surface area contributed by atoms with Crippen molar-refractivity contribution in [1.29, 1.82) is 5.26 Å². The maximum absolute atomic E-state index is 15.3. The molecule has 2 aliphatic rings. The Kier molecular flexibility index (Phi) is 6.12. The Balaban J connectivity index is 1.76. The Hall–Kier alpha value is -3.21. The molecule has 35 heavy (non-hydrogen) atoms. The fourth-order valence-corrected chi connectivity index (χ4v) is 6.57. The minimum Gasteiger partial charge on any atom is -0.384 e. The summed E-state index contributed by atoms with van der Waals surface area (Å²) in [6.45, 7) is 4.01. The van der Waals surface area contributed by atoms with Crippen LogP contribution in [-0.4, -0.2) is 5.78 Å². The molecular weight excluding hydrogens is 525 g/mol. The van der Waals surface area contributed by atoms with E-state index in [0.29, 0.717) is 28.6 Å². The van der Waals surface area contributed by atoms with Gasteiger partial charge in [-0.3, -0.25) is 9.69 Å². The van der Waals surface area contributed by atoms with Gasteiger partial charge in [-0.2, -0.15) is 5.26 Å². The van der Waals surface area contributed by atoms with Crippen molar-refractivity contribution in [2.75, 3.05) is 4.90 Å². The van der Waals surface area contributed by atoms with Gasteiger partial charge in [0.1, 0.15) is 11.6 Å². The summed E-state index contributed by atoms with van der Waals surface area (Å²) in [4.78, 5) is 17.6. The predicted octanol–water partition coefficient (Wildman–Crippen LogP) is 6.97. The summed E-state index contributed by atoms with van der Waals surface area (Å²) in [6, 6.07) is 18.9. The van der Waals surface area contributed by atoms with Gasteiger partial charge in [0, 0.05) is 31.9 Å². The average molecular weight is 548 g/mol. The Morgan fingerprint density at radius 1 is 1.14 bits per heavy atom. The zero-order valence-corrected chi connectivity index (χ0v) is 21.7. The van der Waals surface area contributed by atoms with Crippen molar-refractivity contribution in [3.8, 4) is 6.07 Å². The second-order valence-electron chi connectivity index (χ2n) is 8.94. The largest absolute Gasteiger partial charge is 0.384 e. The molecule has 0 amide bonds. The minimum atomic E-state index is -0.557. The van der Waals surface area contributed by atoms with E-state index in [9.17, 15) is 10.1 Å². The summed E-state index contributed by atoms with van der Waals surface area (Å²) >= 11 is 4.94. The molecule has 0 bridgehead atoms. The van der Waals surface area contributed by atoms with Crippen LogP contribution in [-0.2, 0) is 4.79 Å². The first-order valence-corrected chi connectivity index (χ1v) is 12.9. The topological polar surface area (TPSA) is 70.1 Å². The summed E-state index contributed by atoms with van der Waals surface area (Å²) in [5.41, 5.74) is 10.3. The number of aryl methyl sites for hydroxylation is 2. The summed E-state index contributed by atoms with van der Waals surface area (Å²) < 4.78 is 15.9. The van der Waals surface area contributed by atoms with Crippen LogP contribution >= 0.6 is 27.3 Å². The third-order valence-corrected chi connectivity index (χ3v) is 8.25. The molecule has 2 N–H and O–H groups in total. The van der Waals surface area contributed by atoms with E-state index in [1.165, 1.54) is 6.07 Å². The molecule has 0 fully saturated rings. The Bertz CT molecular complexity index is 1450. The number of hydrogen-bond acceptors (Lipinski definition) is 5. The molecule has 4 nitrogen and oxygen atoms in total. The molecule has 2 aromatic carbocycles. The zero-order valence-electron chi connectivity index (χ0n) is 19.3. The third-order valence-electron chi connectivity index (χ3n) is 6.78. The summed E-state index contributed by atoms with van der Waals surface area (Å²) in [5, 5.41) is 10.2. The maximum Gasteiger partial charge on any atom is 0.162 e. The van der Waals surface area contributed by atoms with Crippen molar-refractivity contribution in [3.63, 3.8) is 0 Å². The number of allylic oxidation sites excluding steroid dienone is 3. The van der Waals surface area contributed by atoms with E-state index in [0.717, 1.165) is 20.9 Å². The van der Waals surface area contributed by atoms with Gasteiger partial charge in [-0.15, -0.1) is 11.3 Å². The second-order valence-corrected chi connectivity index (χ2v) is 11.3. The molecule has 0 saturated carbocycles. The first-order valence-electron chi connectivity index (χ1n) is 11.3. The number of anilines is 1. The van der Waals surface area contributed by atoms with Crippen LogP contribution in [0, 0.1) is 31.0 Å². The van der Waals surface area contributed by atoms with Gasteiger partial charge in [-0.1, -0.05) is 46.3 Å². The van der Waals surface area contributed by atoms with Gasteiger partial charge in [0.2, 0.25) is 0 Å². The fraction of sp³-hybridized carbons (Fsp3) is 0.214. The van der Waals surface area contributed by atoms with Crippen molar-refractivity contribution in [1.82, 2.24) is 0 Å². The van der Waals surface area contributed by atoms with Crippen molar-refractivity contribution in [2.24, 2.45) is 5.73 Å². The lowest BCUT2D eigenvalue weighted by molar-refractivity contribution is -0.116. The highest BCUT2D eigenvalue weighted by molar-refractivity contribution is 9.10. The van der Waals surface area contributed by atoms with E-state index in [1.807, 2.05) is 50.2 Å². The molecule has 0 spiro atoms. The first kappa shape index (κ1) is 23.5. The van der Waals surface area contributed by atoms with Gasteiger partial charge in [-0.25, -0.2) is 4.39 Å². The molecule has 0 unspecified atom stereocenters. The predicted molar refractivity (Wildman–Crippen MR) is 140 cm³/mol. The SMILES string of the molecule is Cc1cc([C@@H]2C(C#N)=C(N)N(c3ccc(Br)cc3F)C3=C2C(=O)C[C@H](c2ccccc2)C3)c(C)s1. The van der Waals surface area contributed by atoms with Crippen molar-refractivity contribution < 1.29 is 9.18 Å². The van der Waals surface area contributed by atoms with Gasteiger partial charge in [-0.05, 0) is 61.6 Å². The molecule has 1 aliphatic heterocycles. The van der Waals surface area contributed by atoms with Crippen molar-refractivity contribution >= 4 is 38.7 Å². The molecule has 1 aromatic heterocycles. The Morgan fingerprint density at radius 3 is 2.51 bits per heavy atom. The molecule has 176 valence electrons. The van der Waals surface area contributed by atoms with E-state index in [1.54, 1.807) is 28.4 Å². The fourth-order valence-electron chi connectivity index (χ4n) is 5.28. The highest BCUT2D eigenvalue weighted by Gasteiger charge is 2.44. The summed E-state index contributed by atoms with van der Waals surface area (Å²) in [7, 11) is 0. The average Bonchev–Trinajstić information content (AvgIpc) is 3.17. The highest BCUT2D eigenvalue weighted by atomic mass is 79.9. The molecular formula is C28H23BrFN3OS. The molecule has 1 aliphatic carbocycles. The van der Waals surface area contributed by atoms with Crippen molar-refractivity contribution in [2.45, 2.75) is 38.5 Å². The Morgan fingerprint density at radius 2 is 1.89 bits per heavy atom. The van der Waals surface area contributed by atoms with Gasteiger partial charge < -0.3 is 5.73 Å². The van der Waals surface area contributed by atoms with Crippen LogP contribution in [0.1, 0.15) is 45.6 Å². The third kappa shape index (κ3) is 4.01. The Labute approximate surface area is 216 Å². The monoisotopic (exact) mass is 547 g/mol. The number of thiophene rings is 1. The first-order chi connectivity index (χ1) is 16.8. The number of rotatable bonds is 3. The summed E-state index contributed by atoms with van der Waals surface area (Å²) in [5.74, 6) is -0.968. The van der Waals surface area contributed by atoms with Crippen LogP contribution in [0.5, 0.6) is 0 Å². The number of carbonyl (C=O) groups is 1. The lowest BCUT2D eigenvalue weighted by atomic mass is 9.72. The molecule has 0 radical (unpaired) electrons. The van der Waals surface area contributed by atoms with Crippen molar-refractivity contribution in [3.05, 3.63) is 108 Å². The molecule has 3 aromatic rings. The highest BCUT2D eigenvalue weighted by Crippen LogP contribution is 2.50. The number of Topliss-reactive ketones (excluding diaryl/α,β-unsaturated/α-hetero) is 1. The van der Waals surface area contributed by atoms with Gasteiger partial charge in [0.15, 0.2) is 5.78 Å². The van der Waals surface area contributed by atoms with Gasteiger partial charge in [0.25, 0.3) is 0 Å². The van der Waals surface area contributed by atoms with Crippen LogP contribution in [0.3, 0.4) is 0 Å². The van der Waals surface area contributed by atoms with E-state index in [-0.39, 0.29) is 28.8 Å². The number of carbonyl (C=O) groups excluding carboxylic acids is 1. The minimum absolute atomic E-state index is 0.0314. The number of nitrogens with two attached hydrogens (primary N) is 1. The van der Waals surface area contributed by atoms with E-state index >= 15 is 4.39 Å². The smallest absolute Gasteiger partial charge is 0.162 e. The lowest BCUT2D eigenvalue weighted by Gasteiger charge is -2.41. The number of nitriles is 1. The van der Waals surface area contributed by atoms with Crippen LogP contribution in [0.4, 0.5) is 10.1 Å². The van der Waals surface area contributed by atoms with Crippen LogP contribution in [0.2, 0.25) is 0 Å². The zero-order chi connectivity index (χ0) is 24.9. The van der Waals surface area contributed by atoms with E-state index in [2.05, 4.69) is 22.0 Å². The molecule has 7 heteroatoms. The summed E-state index contributed by atoms with van der Waals surface area (Å²) in [6.07, 6.45) is 0.843. The van der Waals surface area contributed by atoms with Gasteiger partial charge >= 0.3 is 0 Å². The molecule has 2 heterocycles. The van der Waals surface area contributed by atoms with Gasteiger partial charge in [0.05, 0.1) is 23.2 Å². The quantitative estimate of drug-likeness (QED) is 0.384. The number of hydrogen-bond donors (Lipinski definition) is 1. The number of ketones is 1.